The molecule has 106 valence electrons. The van der Waals surface area contributed by atoms with Crippen molar-refractivity contribution in [2.75, 3.05) is 19.8 Å². The number of hydrogen-bond donors (Lipinski definition) is 2. The van der Waals surface area contributed by atoms with Crippen molar-refractivity contribution in [1.29, 1.82) is 0 Å². The van der Waals surface area contributed by atoms with Crippen molar-refractivity contribution in [3.05, 3.63) is 27.3 Å². The lowest BCUT2D eigenvalue weighted by Gasteiger charge is -2.08. The highest BCUT2D eigenvalue weighted by Gasteiger charge is 2.07. The summed E-state index contributed by atoms with van der Waals surface area (Å²) in [7, 11) is 0. The molecule has 0 aromatic heterocycles. The highest BCUT2D eigenvalue weighted by Crippen LogP contribution is 2.20. The van der Waals surface area contributed by atoms with Crippen molar-refractivity contribution < 1.29 is 14.6 Å². The molecular weight excluding hydrogens is 357 g/mol. The Bertz CT molecular complexity index is 421. The second-order valence-electron chi connectivity index (χ2n) is 4.74. The Balaban J connectivity index is 2.26. The fraction of sp³-hybridized carbons (Fsp3) is 0.500. The van der Waals surface area contributed by atoms with Crippen LogP contribution in [0, 0.1) is 9.49 Å². The van der Waals surface area contributed by atoms with Crippen LogP contribution in [0.2, 0.25) is 0 Å². The van der Waals surface area contributed by atoms with Gasteiger partial charge in [0.15, 0.2) is 0 Å². The largest absolute Gasteiger partial charge is 0.507 e. The van der Waals surface area contributed by atoms with Crippen LogP contribution >= 0.6 is 22.6 Å². The maximum Gasteiger partial charge on any atom is 0.251 e. The third-order valence-electron chi connectivity index (χ3n) is 2.41. The van der Waals surface area contributed by atoms with Crippen molar-refractivity contribution in [3.63, 3.8) is 0 Å². The average molecular weight is 377 g/mol. The van der Waals surface area contributed by atoms with Crippen LogP contribution in [0.15, 0.2) is 18.2 Å². The van der Waals surface area contributed by atoms with E-state index < -0.39 is 0 Å². The third-order valence-corrected chi connectivity index (χ3v) is 3.32. The highest BCUT2D eigenvalue weighted by molar-refractivity contribution is 14.1. The van der Waals surface area contributed by atoms with Crippen molar-refractivity contribution >= 4 is 28.5 Å². The molecule has 0 spiro atoms. The van der Waals surface area contributed by atoms with E-state index in [9.17, 15) is 9.90 Å². The predicted molar refractivity (Wildman–Crippen MR) is 83.4 cm³/mol. The molecule has 0 unspecified atom stereocenters. The number of rotatable bonds is 7. The van der Waals surface area contributed by atoms with Crippen LogP contribution in [0.25, 0.3) is 0 Å². The van der Waals surface area contributed by atoms with E-state index in [0.29, 0.717) is 24.6 Å². The van der Waals surface area contributed by atoms with Crippen LogP contribution < -0.4 is 5.32 Å². The zero-order chi connectivity index (χ0) is 14.3. The molecule has 1 aromatic rings. The van der Waals surface area contributed by atoms with E-state index in [-0.39, 0.29) is 11.7 Å². The molecule has 0 fully saturated rings. The van der Waals surface area contributed by atoms with Gasteiger partial charge in [-0.15, -0.1) is 0 Å². The van der Waals surface area contributed by atoms with E-state index in [4.69, 9.17) is 4.74 Å². The zero-order valence-corrected chi connectivity index (χ0v) is 13.4. The molecule has 0 bridgehead atoms. The first-order valence-electron chi connectivity index (χ1n) is 6.35. The number of amides is 1. The first kappa shape index (κ1) is 16.2. The number of ether oxygens (including phenoxy) is 1. The van der Waals surface area contributed by atoms with Crippen molar-refractivity contribution in [2.45, 2.75) is 20.3 Å². The number of phenols is 1. The SMILES string of the molecule is CC(C)COCCCNC(=O)c1ccc(I)c(O)c1. The lowest BCUT2D eigenvalue weighted by Crippen LogP contribution is -2.25. The van der Waals surface area contributed by atoms with Crippen LogP contribution in [0.3, 0.4) is 0 Å². The summed E-state index contributed by atoms with van der Waals surface area (Å²) < 4.78 is 6.16. The van der Waals surface area contributed by atoms with E-state index in [1.54, 1.807) is 12.1 Å². The molecule has 1 aromatic carbocycles. The minimum Gasteiger partial charge on any atom is -0.507 e. The number of phenolic OH excluding ortho intramolecular Hbond substituents is 1. The Morgan fingerprint density at radius 3 is 2.84 bits per heavy atom. The van der Waals surface area contributed by atoms with E-state index in [2.05, 4.69) is 19.2 Å². The fourth-order valence-corrected chi connectivity index (χ4v) is 1.79. The molecule has 0 saturated heterocycles. The van der Waals surface area contributed by atoms with Gasteiger partial charge in [-0.3, -0.25) is 4.79 Å². The first-order valence-corrected chi connectivity index (χ1v) is 7.43. The molecule has 0 aliphatic rings. The monoisotopic (exact) mass is 377 g/mol. The van der Waals surface area contributed by atoms with E-state index >= 15 is 0 Å². The number of carbonyl (C=O) groups excluding carboxylic acids is 1. The molecule has 1 amide bonds. The molecule has 4 nitrogen and oxygen atoms in total. The van der Waals surface area contributed by atoms with Gasteiger partial charge in [0.05, 0.1) is 3.57 Å². The number of carbonyl (C=O) groups is 1. The fourth-order valence-electron chi connectivity index (χ4n) is 1.45. The second kappa shape index (κ2) is 8.37. The van der Waals surface area contributed by atoms with Crippen molar-refractivity contribution in [2.24, 2.45) is 5.92 Å². The molecule has 0 aliphatic heterocycles. The van der Waals surface area contributed by atoms with Crippen LogP contribution in [-0.4, -0.2) is 30.8 Å². The maximum atomic E-state index is 11.8. The smallest absolute Gasteiger partial charge is 0.251 e. The van der Waals surface area contributed by atoms with Crippen LogP contribution in [0.5, 0.6) is 5.75 Å². The molecule has 19 heavy (non-hydrogen) atoms. The summed E-state index contributed by atoms with van der Waals surface area (Å²) in [6.45, 7) is 6.18. The molecule has 2 N–H and O–H groups in total. The first-order chi connectivity index (χ1) is 9.00. The minimum atomic E-state index is -0.171. The number of hydrogen-bond acceptors (Lipinski definition) is 3. The van der Waals surface area contributed by atoms with Crippen LogP contribution in [0.1, 0.15) is 30.6 Å². The van der Waals surface area contributed by atoms with E-state index in [0.717, 1.165) is 16.6 Å². The van der Waals surface area contributed by atoms with Gasteiger partial charge in [0.2, 0.25) is 0 Å². The third kappa shape index (κ3) is 6.24. The van der Waals surface area contributed by atoms with Crippen LogP contribution in [0.4, 0.5) is 0 Å². The topological polar surface area (TPSA) is 58.6 Å². The summed E-state index contributed by atoms with van der Waals surface area (Å²) in [4.78, 5) is 11.8. The van der Waals surface area contributed by atoms with Crippen LogP contribution in [-0.2, 0) is 4.74 Å². The number of benzene rings is 1. The lowest BCUT2D eigenvalue weighted by molar-refractivity contribution is 0.0924. The second-order valence-corrected chi connectivity index (χ2v) is 5.91. The Kier molecular flexibility index (Phi) is 7.15. The van der Waals surface area contributed by atoms with Gasteiger partial charge in [-0.05, 0) is 53.1 Å². The summed E-state index contributed by atoms with van der Waals surface area (Å²) in [5.41, 5.74) is 0.473. The van der Waals surface area contributed by atoms with Gasteiger partial charge in [0, 0.05) is 25.3 Å². The summed E-state index contributed by atoms with van der Waals surface area (Å²) in [5, 5.41) is 12.3. The molecule has 0 radical (unpaired) electrons. The van der Waals surface area contributed by atoms with Gasteiger partial charge >= 0.3 is 0 Å². The summed E-state index contributed by atoms with van der Waals surface area (Å²) in [5.74, 6) is 0.494. The van der Waals surface area contributed by atoms with Gasteiger partial charge in [-0.25, -0.2) is 0 Å². The molecule has 1 rings (SSSR count). The maximum absolute atomic E-state index is 11.8. The Labute approximate surface area is 127 Å². The lowest BCUT2D eigenvalue weighted by atomic mass is 10.2. The molecular formula is C14H20INO3. The minimum absolute atomic E-state index is 0.133. The van der Waals surface area contributed by atoms with Gasteiger partial charge in [-0.2, -0.15) is 0 Å². The average Bonchev–Trinajstić information content (AvgIpc) is 2.36. The van der Waals surface area contributed by atoms with Crippen molar-refractivity contribution in [3.8, 4) is 5.75 Å². The van der Waals surface area contributed by atoms with Gasteiger partial charge in [0.1, 0.15) is 5.75 Å². The van der Waals surface area contributed by atoms with Gasteiger partial charge in [-0.1, -0.05) is 13.8 Å². The quantitative estimate of drug-likeness (QED) is 0.568. The summed E-state index contributed by atoms with van der Waals surface area (Å²) in [6.07, 6.45) is 0.787. The predicted octanol–water partition coefficient (Wildman–Crippen LogP) is 2.79. The zero-order valence-electron chi connectivity index (χ0n) is 11.3. The molecule has 5 heteroatoms. The van der Waals surface area contributed by atoms with E-state index in [1.165, 1.54) is 6.07 Å². The van der Waals surface area contributed by atoms with Crippen molar-refractivity contribution in [1.82, 2.24) is 5.32 Å². The molecule has 0 aliphatic carbocycles. The number of halogens is 1. The number of aromatic hydroxyl groups is 1. The Morgan fingerprint density at radius 1 is 1.47 bits per heavy atom. The molecule has 0 saturated carbocycles. The summed E-state index contributed by atoms with van der Waals surface area (Å²) >= 11 is 2.02. The standard InChI is InChI=1S/C14H20INO3/c1-10(2)9-19-7-3-6-16-14(18)11-4-5-12(15)13(17)8-11/h4-5,8,10,17H,3,6-7,9H2,1-2H3,(H,16,18). The Morgan fingerprint density at radius 2 is 2.21 bits per heavy atom. The number of nitrogens with one attached hydrogen (secondary N) is 1. The summed E-state index contributed by atoms with van der Waals surface area (Å²) in [6, 6.07) is 4.90. The molecule has 0 heterocycles. The van der Waals surface area contributed by atoms with E-state index in [1.807, 2.05) is 22.6 Å². The Hall–Kier alpha value is -0.820. The van der Waals surface area contributed by atoms with Gasteiger partial charge < -0.3 is 15.2 Å². The highest BCUT2D eigenvalue weighted by atomic mass is 127. The molecule has 0 atom stereocenters. The normalized spacial score (nSPS) is 10.7. The van der Waals surface area contributed by atoms with Gasteiger partial charge in [0.25, 0.3) is 5.91 Å².